The van der Waals surface area contributed by atoms with Crippen LogP contribution in [0.2, 0.25) is 0 Å². The van der Waals surface area contributed by atoms with Crippen molar-refractivity contribution >= 4 is 10.9 Å². The van der Waals surface area contributed by atoms with Crippen molar-refractivity contribution in [2.24, 2.45) is 5.73 Å². The maximum Gasteiger partial charge on any atom is 0.243 e. The van der Waals surface area contributed by atoms with Crippen LogP contribution in [0.4, 0.5) is 0 Å². The number of fused-ring (bicyclic) bond motifs is 1. The smallest absolute Gasteiger partial charge is 0.243 e. The van der Waals surface area contributed by atoms with Crippen LogP contribution in [0.25, 0.3) is 10.9 Å². The van der Waals surface area contributed by atoms with Crippen LogP contribution >= 0.6 is 0 Å². The molecule has 1 aliphatic carbocycles. The molecule has 5 nitrogen and oxygen atoms in total. The minimum atomic E-state index is -0.265. The Morgan fingerprint density at radius 3 is 2.91 bits per heavy atom. The SMILES string of the molecule is N[C@@H](Cc1c[nH]c2ccccc12)c1nc(C2CCCCC2)no1. The Labute approximate surface area is 135 Å². The number of para-hydroxylation sites is 1. The van der Waals surface area contributed by atoms with Gasteiger partial charge in [-0.1, -0.05) is 42.6 Å². The summed E-state index contributed by atoms with van der Waals surface area (Å²) in [5.41, 5.74) is 8.62. The number of H-pyrrole nitrogens is 1. The number of rotatable bonds is 4. The molecule has 120 valence electrons. The molecule has 2 aromatic heterocycles. The summed E-state index contributed by atoms with van der Waals surface area (Å²) in [7, 11) is 0. The number of nitrogens with zero attached hydrogens (tertiary/aromatic N) is 2. The van der Waals surface area contributed by atoms with Crippen LogP contribution in [0.1, 0.15) is 61.3 Å². The molecule has 0 amide bonds. The highest BCUT2D eigenvalue weighted by Gasteiger charge is 2.23. The molecule has 0 spiro atoms. The maximum atomic E-state index is 6.31. The summed E-state index contributed by atoms with van der Waals surface area (Å²) in [5, 5.41) is 5.38. The number of aromatic amines is 1. The molecule has 23 heavy (non-hydrogen) atoms. The van der Waals surface area contributed by atoms with Crippen molar-refractivity contribution in [1.29, 1.82) is 0 Å². The van der Waals surface area contributed by atoms with E-state index in [0.717, 1.165) is 24.2 Å². The lowest BCUT2D eigenvalue weighted by Gasteiger charge is -2.17. The highest BCUT2D eigenvalue weighted by atomic mass is 16.5. The summed E-state index contributed by atoms with van der Waals surface area (Å²) in [6.07, 6.45) is 8.87. The van der Waals surface area contributed by atoms with Crippen LogP contribution in [-0.4, -0.2) is 15.1 Å². The van der Waals surface area contributed by atoms with Crippen molar-refractivity contribution in [1.82, 2.24) is 15.1 Å². The molecule has 0 aliphatic heterocycles. The number of nitrogens with two attached hydrogens (primary N) is 1. The largest absolute Gasteiger partial charge is 0.361 e. The van der Waals surface area contributed by atoms with Crippen LogP contribution in [0, 0.1) is 0 Å². The normalized spacial score (nSPS) is 17.6. The second-order valence-electron chi connectivity index (χ2n) is 6.50. The lowest BCUT2D eigenvalue weighted by molar-refractivity contribution is 0.341. The fraction of sp³-hybridized carbons (Fsp3) is 0.444. The third-order valence-electron chi connectivity index (χ3n) is 4.86. The summed E-state index contributed by atoms with van der Waals surface area (Å²) < 4.78 is 5.44. The summed E-state index contributed by atoms with van der Waals surface area (Å²) in [6, 6.07) is 7.97. The molecule has 0 saturated heterocycles. The molecule has 5 heteroatoms. The van der Waals surface area contributed by atoms with Gasteiger partial charge >= 0.3 is 0 Å². The molecule has 2 heterocycles. The Morgan fingerprint density at radius 1 is 1.22 bits per heavy atom. The molecule has 1 atom stereocenters. The summed E-state index contributed by atoms with van der Waals surface area (Å²) in [4.78, 5) is 7.86. The Balaban J connectivity index is 1.50. The van der Waals surface area contributed by atoms with E-state index < -0.39 is 0 Å². The number of nitrogens with one attached hydrogen (secondary N) is 1. The Bertz CT molecular complexity index is 785. The molecule has 0 radical (unpaired) electrons. The third kappa shape index (κ3) is 2.88. The second kappa shape index (κ2) is 6.16. The number of benzene rings is 1. The van der Waals surface area contributed by atoms with Gasteiger partial charge in [0.05, 0.1) is 6.04 Å². The zero-order valence-electron chi connectivity index (χ0n) is 13.2. The van der Waals surface area contributed by atoms with E-state index in [-0.39, 0.29) is 6.04 Å². The van der Waals surface area contributed by atoms with Gasteiger partial charge in [-0.15, -0.1) is 0 Å². The van der Waals surface area contributed by atoms with Crippen LogP contribution in [-0.2, 0) is 6.42 Å². The molecule has 4 rings (SSSR count). The Hall–Kier alpha value is -2.14. The van der Waals surface area contributed by atoms with Gasteiger partial charge in [-0.2, -0.15) is 4.98 Å². The van der Waals surface area contributed by atoms with Crippen LogP contribution in [0.15, 0.2) is 35.0 Å². The number of aromatic nitrogens is 3. The van der Waals surface area contributed by atoms with Crippen LogP contribution < -0.4 is 5.73 Å². The van der Waals surface area contributed by atoms with E-state index >= 15 is 0 Å². The highest BCUT2D eigenvalue weighted by Crippen LogP contribution is 2.31. The van der Waals surface area contributed by atoms with Crippen LogP contribution in [0.5, 0.6) is 0 Å². The molecule has 3 N–H and O–H groups in total. The minimum Gasteiger partial charge on any atom is -0.361 e. The average Bonchev–Trinajstić information content (AvgIpc) is 3.24. The number of hydrogen-bond donors (Lipinski definition) is 2. The minimum absolute atomic E-state index is 0.265. The van der Waals surface area contributed by atoms with Gasteiger partial charge in [0.15, 0.2) is 5.82 Å². The average molecular weight is 310 g/mol. The highest BCUT2D eigenvalue weighted by molar-refractivity contribution is 5.83. The van der Waals surface area contributed by atoms with E-state index in [2.05, 4.69) is 27.3 Å². The van der Waals surface area contributed by atoms with E-state index in [9.17, 15) is 0 Å². The van der Waals surface area contributed by atoms with E-state index in [1.54, 1.807) is 0 Å². The maximum absolute atomic E-state index is 6.31. The van der Waals surface area contributed by atoms with E-state index in [0.29, 0.717) is 18.2 Å². The van der Waals surface area contributed by atoms with Gasteiger partial charge in [-0.3, -0.25) is 0 Å². The molecule has 3 aromatic rings. The van der Waals surface area contributed by atoms with Crippen molar-refractivity contribution in [2.45, 2.75) is 50.5 Å². The van der Waals surface area contributed by atoms with Crippen LogP contribution in [0.3, 0.4) is 0 Å². The fourth-order valence-electron chi connectivity index (χ4n) is 3.55. The van der Waals surface area contributed by atoms with Gasteiger partial charge < -0.3 is 15.2 Å². The summed E-state index contributed by atoms with van der Waals surface area (Å²) in [6.45, 7) is 0. The van der Waals surface area contributed by atoms with Crippen molar-refractivity contribution in [2.75, 3.05) is 0 Å². The second-order valence-corrected chi connectivity index (χ2v) is 6.50. The zero-order valence-corrected chi connectivity index (χ0v) is 13.2. The van der Waals surface area contributed by atoms with Gasteiger partial charge in [-0.25, -0.2) is 0 Å². The van der Waals surface area contributed by atoms with Gasteiger partial charge in [0, 0.05) is 23.0 Å². The van der Waals surface area contributed by atoms with Gasteiger partial charge in [0.1, 0.15) is 0 Å². The first-order valence-corrected chi connectivity index (χ1v) is 8.45. The monoisotopic (exact) mass is 310 g/mol. The number of hydrogen-bond acceptors (Lipinski definition) is 4. The van der Waals surface area contributed by atoms with E-state index in [1.807, 2.05) is 18.3 Å². The van der Waals surface area contributed by atoms with Crippen molar-refractivity contribution in [3.63, 3.8) is 0 Å². The third-order valence-corrected chi connectivity index (χ3v) is 4.86. The van der Waals surface area contributed by atoms with E-state index in [4.69, 9.17) is 10.3 Å². The van der Waals surface area contributed by atoms with Gasteiger partial charge in [-0.05, 0) is 30.9 Å². The molecule has 1 aromatic carbocycles. The molecular weight excluding hydrogens is 288 g/mol. The Kier molecular flexibility index (Phi) is 3.87. The summed E-state index contributed by atoms with van der Waals surface area (Å²) >= 11 is 0. The fourth-order valence-corrected chi connectivity index (χ4v) is 3.55. The van der Waals surface area contributed by atoms with E-state index in [1.165, 1.54) is 30.2 Å². The molecule has 0 unspecified atom stereocenters. The predicted molar refractivity (Wildman–Crippen MR) is 89.1 cm³/mol. The lowest BCUT2D eigenvalue weighted by Crippen LogP contribution is -2.14. The predicted octanol–water partition coefficient (Wildman–Crippen LogP) is 3.84. The van der Waals surface area contributed by atoms with Gasteiger partial charge in [0.2, 0.25) is 5.89 Å². The molecular formula is C18H22N4O. The first kappa shape index (κ1) is 14.5. The first-order chi connectivity index (χ1) is 11.3. The molecule has 0 bridgehead atoms. The quantitative estimate of drug-likeness (QED) is 0.767. The van der Waals surface area contributed by atoms with Crippen molar-refractivity contribution in [3.8, 4) is 0 Å². The topological polar surface area (TPSA) is 80.7 Å². The van der Waals surface area contributed by atoms with Gasteiger partial charge in [0.25, 0.3) is 0 Å². The van der Waals surface area contributed by atoms with Crippen molar-refractivity contribution in [3.05, 3.63) is 47.7 Å². The first-order valence-electron chi connectivity index (χ1n) is 8.45. The summed E-state index contributed by atoms with van der Waals surface area (Å²) in [5.74, 6) is 1.84. The molecule has 1 aliphatic rings. The molecule has 1 fully saturated rings. The lowest BCUT2D eigenvalue weighted by atomic mass is 9.89. The zero-order chi connectivity index (χ0) is 15.6. The van der Waals surface area contributed by atoms with Crippen molar-refractivity contribution < 1.29 is 4.52 Å². The standard InChI is InChI=1S/C18H22N4O/c19-15(10-13-11-20-16-9-5-4-8-14(13)16)18-21-17(22-23-18)12-6-2-1-3-7-12/h4-5,8-9,11-12,15,20H,1-3,6-7,10,19H2/t15-/m0/s1. The Morgan fingerprint density at radius 2 is 2.04 bits per heavy atom. The molecule has 1 saturated carbocycles.